The summed E-state index contributed by atoms with van der Waals surface area (Å²) < 4.78 is 4.89. The summed E-state index contributed by atoms with van der Waals surface area (Å²) in [5.74, 6) is -0.798. The van der Waals surface area contributed by atoms with Gasteiger partial charge in [0.1, 0.15) is 0 Å². The van der Waals surface area contributed by atoms with E-state index in [1.54, 1.807) is 6.92 Å². The van der Waals surface area contributed by atoms with Gasteiger partial charge in [-0.15, -0.1) is 0 Å². The molecule has 0 aromatic heterocycles. The molecular weight excluding hydrogens is 140 g/mol. The SMILES string of the molecule is CO[C@@]1(C)C[C@@H](OO)OO1. The van der Waals surface area contributed by atoms with Gasteiger partial charge in [0.25, 0.3) is 0 Å². The van der Waals surface area contributed by atoms with E-state index < -0.39 is 12.1 Å². The van der Waals surface area contributed by atoms with Crippen molar-refractivity contribution in [1.29, 1.82) is 0 Å². The minimum Gasteiger partial charge on any atom is -0.351 e. The molecule has 1 aliphatic heterocycles. The van der Waals surface area contributed by atoms with Crippen molar-refractivity contribution in [3.05, 3.63) is 0 Å². The minimum atomic E-state index is -0.798. The predicted octanol–water partition coefficient (Wildman–Crippen LogP) is 0.517. The fraction of sp³-hybridized carbons (Fsp3) is 1.00. The van der Waals surface area contributed by atoms with Gasteiger partial charge < -0.3 is 4.74 Å². The maximum Gasteiger partial charge on any atom is 0.229 e. The summed E-state index contributed by atoms with van der Waals surface area (Å²) in [4.78, 5) is 13.1. The van der Waals surface area contributed by atoms with Gasteiger partial charge in [-0.05, 0) is 6.92 Å². The Hall–Kier alpha value is -0.200. The van der Waals surface area contributed by atoms with Gasteiger partial charge in [0.15, 0.2) is 0 Å². The van der Waals surface area contributed by atoms with Crippen LogP contribution in [0.15, 0.2) is 0 Å². The van der Waals surface area contributed by atoms with Crippen LogP contribution in [0.2, 0.25) is 0 Å². The van der Waals surface area contributed by atoms with E-state index in [0.29, 0.717) is 6.42 Å². The van der Waals surface area contributed by atoms with Gasteiger partial charge in [-0.25, -0.2) is 10.1 Å². The molecule has 0 aromatic carbocycles. The van der Waals surface area contributed by atoms with Crippen LogP contribution in [-0.4, -0.2) is 24.4 Å². The predicted molar refractivity (Wildman–Crippen MR) is 29.7 cm³/mol. The Morgan fingerprint density at radius 1 is 1.70 bits per heavy atom. The smallest absolute Gasteiger partial charge is 0.229 e. The molecule has 1 aliphatic rings. The van der Waals surface area contributed by atoms with Crippen molar-refractivity contribution in [2.24, 2.45) is 0 Å². The van der Waals surface area contributed by atoms with Crippen LogP contribution in [0.1, 0.15) is 13.3 Å². The number of ether oxygens (including phenoxy) is 1. The third-order valence-electron chi connectivity index (χ3n) is 1.42. The molecule has 0 radical (unpaired) electrons. The topological polar surface area (TPSA) is 57.2 Å². The Balaban J connectivity index is 2.41. The summed E-state index contributed by atoms with van der Waals surface area (Å²) in [6, 6.07) is 0. The van der Waals surface area contributed by atoms with Crippen LogP contribution in [0.3, 0.4) is 0 Å². The zero-order valence-corrected chi connectivity index (χ0v) is 5.86. The molecule has 0 aliphatic carbocycles. The Bertz CT molecular complexity index is 117. The van der Waals surface area contributed by atoms with Crippen LogP contribution in [0, 0.1) is 0 Å². The molecule has 1 heterocycles. The highest BCUT2D eigenvalue weighted by Gasteiger charge is 2.39. The summed E-state index contributed by atoms with van der Waals surface area (Å²) in [5, 5.41) is 8.13. The van der Waals surface area contributed by atoms with Gasteiger partial charge in [-0.2, -0.15) is 9.78 Å². The van der Waals surface area contributed by atoms with Crippen LogP contribution >= 0.6 is 0 Å². The Kier molecular flexibility index (Phi) is 2.22. The van der Waals surface area contributed by atoms with E-state index in [4.69, 9.17) is 9.99 Å². The van der Waals surface area contributed by atoms with Gasteiger partial charge in [-0.3, -0.25) is 0 Å². The summed E-state index contributed by atoms with van der Waals surface area (Å²) in [6.45, 7) is 1.69. The Labute approximate surface area is 58.3 Å². The summed E-state index contributed by atoms with van der Waals surface area (Å²) in [6.07, 6.45) is -0.398. The fourth-order valence-electron chi connectivity index (χ4n) is 0.698. The van der Waals surface area contributed by atoms with E-state index in [0.717, 1.165) is 0 Å². The molecule has 60 valence electrons. The van der Waals surface area contributed by atoms with Crippen LogP contribution < -0.4 is 0 Å². The second-order valence-corrected chi connectivity index (χ2v) is 2.26. The van der Waals surface area contributed by atoms with Gasteiger partial charge in [0, 0.05) is 7.11 Å². The first kappa shape index (κ1) is 7.90. The molecule has 0 unspecified atom stereocenters. The highest BCUT2D eigenvalue weighted by Crippen LogP contribution is 2.28. The highest BCUT2D eigenvalue weighted by atomic mass is 17.3. The first-order valence-corrected chi connectivity index (χ1v) is 2.90. The Morgan fingerprint density at radius 3 is 2.70 bits per heavy atom. The lowest BCUT2D eigenvalue weighted by molar-refractivity contribution is -0.441. The zero-order valence-electron chi connectivity index (χ0n) is 5.86. The van der Waals surface area contributed by atoms with Crippen LogP contribution in [0.4, 0.5) is 0 Å². The van der Waals surface area contributed by atoms with E-state index in [2.05, 4.69) is 14.7 Å². The van der Waals surface area contributed by atoms with Crippen molar-refractivity contribution in [1.82, 2.24) is 0 Å². The van der Waals surface area contributed by atoms with E-state index in [-0.39, 0.29) is 0 Å². The van der Waals surface area contributed by atoms with Crippen LogP contribution in [-0.2, 0) is 19.4 Å². The molecule has 2 atom stereocenters. The van der Waals surface area contributed by atoms with Gasteiger partial charge >= 0.3 is 0 Å². The van der Waals surface area contributed by atoms with Crippen molar-refractivity contribution < 1.29 is 24.7 Å². The molecule has 1 saturated heterocycles. The standard InChI is InChI=1S/C5H10O5/c1-5(7-2)3-4(8-6)9-10-5/h4,6H,3H2,1-2H3/t4-,5+/m0/s1. The fourth-order valence-corrected chi connectivity index (χ4v) is 0.698. The number of hydrogen-bond donors (Lipinski definition) is 1. The number of methoxy groups -OCH3 is 1. The molecule has 0 bridgehead atoms. The number of hydrogen-bond acceptors (Lipinski definition) is 5. The van der Waals surface area contributed by atoms with Crippen molar-refractivity contribution in [3.63, 3.8) is 0 Å². The first-order chi connectivity index (χ1) is 4.70. The second kappa shape index (κ2) is 2.81. The van der Waals surface area contributed by atoms with Crippen LogP contribution in [0.5, 0.6) is 0 Å². The van der Waals surface area contributed by atoms with Crippen molar-refractivity contribution in [2.75, 3.05) is 7.11 Å². The van der Waals surface area contributed by atoms with E-state index in [1.807, 2.05) is 0 Å². The lowest BCUT2D eigenvalue weighted by Crippen LogP contribution is -2.25. The molecule has 0 spiro atoms. The lowest BCUT2D eigenvalue weighted by atomic mass is 10.2. The molecule has 1 N–H and O–H groups in total. The van der Waals surface area contributed by atoms with Gasteiger partial charge in [0.05, 0.1) is 6.42 Å². The van der Waals surface area contributed by atoms with Crippen LogP contribution in [0.25, 0.3) is 0 Å². The molecule has 0 aromatic rings. The monoisotopic (exact) mass is 150 g/mol. The average Bonchev–Trinajstić information content (AvgIpc) is 2.33. The molecule has 0 saturated carbocycles. The van der Waals surface area contributed by atoms with Crippen molar-refractivity contribution >= 4 is 0 Å². The Morgan fingerprint density at radius 2 is 2.40 bits per heavy atom. The van der Waals surface area contributed by atoms with Crippen molar-refractivity contribution in [2.45, 2.75) is 25.4 Å². The molecule has 1 fully saturated rings. The van der Waals surface area contributed by atoms with E-state index >= 15 is 0 Å². The first-order valence-electron chi connectivity index (χ1n) is 2.90. The third-order valence-corrected chi connectivity index (χ3v) is 1.42. The molecule has 5 heteroatoms. The molecule has 0 amide bonds. The third kappa shape index (κ3) is 1.44. The maximum absolute atomic E-state index is 8.13. The average molecular weight is 150 g/mol. The number of rotatable bonds is 2. The molecular formula is C5H10O5. The molecule has 1 rings (SSSR count). The molecule has 5 nitrogen and oxygen atoms in total. The van der Waals surface area contributed by atoms with E-state index in [9.17, 15) is 0 Å². The zero-order chi connectivity index (χ0) is 7.61. The summed E-state index contributed by atoms with van der Waals surface area (Å²) >= 11 is 0. The lowest BCUT2D eigenvalue weighted by Gasteiger charge is -2.16. The highest BCUT2D eigenvalue weighted by molar-refractivity contribution is 4.66. The van der Waals surface area contributed by atoms with Gasteiger partial charge in [-0.1, -0.05) is 0 Å². The maximum atomic E-state index is 8.13. The largest absolute Gasteiger partial charge is 0.351 e. The second-order valence-electron chi connectivity index (χ2n) is 2.26. The van der Waals surface area contributed by atoms with E-state index in [1.165, 1.54) is 7.11 Å². The normalized spacial score (nSPS) is 40.5. The quantitative estimate of drug-likeness (QED) is 0.459. The molecule has 10 heavy (non-hydrogen) atoms. The van der Waals surface area contributed by atoms with Crippen molar-refractivity contribution in [3.8, 4) is 0 Å². The summed E-state index contributed by atoms with van der Waals surface area (Å²) in [7, 11) is 1.49. The minimum absolute atomic E-state index is 0.347. The summed E-state index contributed by atoms with van der Waals surface area (Å²) in [5.41, 5.74) is 0. The van der Waals surface area contributed by atoms with Gasteiger partial charge in [0.2, 0.25) is 12.1 Å².